The van der Waals surface area contributed by atoms with Gasteiger partial charge >= 0.3 is 0 Å². The first-order chi connectivity index (χ1) is 9.44. The van der Waals surface area contributed by atoms with Crippen molar-refractivity contribution in [2.75, 3.05) is 0 Å². The van der Waals surface area contributed by atoms with Crippen molar-refractivity contribution in [2.24, 2.45) is 0 Å². The number of nitrogens with zero attached hydrogens (tertiary/aromatic N) is 1. The SMILES string of the molecule is CCC(O)(Cc1cc(F)ccc1Br)c1ccc(F)cn1. The zero-order valence-electron chi connectivity index (χ0n) is 10.9. The van der Waals surface area contributed by atoms with Gasteiger partial charge in [-0.2, -0.15) is 0 Å². The maximum absolute atomic E-state index is 13.3. The van der Waals surface area contributed by atoms with Gasteiger partial charge < -0.3 is 5.11 Å². The highest BCUT2D eigenvalue weighted by molar-refractivity contribution is 9.10. The third kappa shape index (κ3) is 3.22. The van der Waals surface area contributed by atoms with E-state index in [2.05, 4.69) is 20.9 Å². The number of benzene rings is 1. The van der Waals surface area contributed by atoms with E-state index in [0.29, 0.717) is 22.2 Å². The quantitative estimate of drug-likeness (QED) is 0.912. The van der Waals surface area contributed by atoms with Crippen molar-refractivity contribution in [3.63, 3.8) is 0 Å². The second kappa shape index (κ2) is 5.97. The molecule has 0 fully saturated rings. The molecule has 0 bridgehead atoms. The van der Waals surface area contributed by atoms with Crippen molar-refractivity contribution >= 4 is 15.9 Å². The van der Waals surface area contributed by atoms with Crippen LogP contribution < -0.4 is 0 Å². The Kier molecular flexibility index (Phi) is 4.50. The van der Waals surface area contributed by atoms with E-state index in [-0.39, 0.29) is 12.2 Å². The summed E-state index contributed by atoms with van der Waals surface area (Å²) < 4.78 is 27.0. The minimum Gasteiger partial charge on any atom is -0.383 e. The molecule has 1 atom stereocenters. The van der Waals surface area contributed by atoms with Crippen LogP contribution in [-0.2, 0) is 12.0 Å². The lowest BCUT2D eigenvalue weighted by atomic mass is 9.88. The lowest BCUT2D eigenvalue weighted by Gasteiger charge is -2.26. The number of aromatic nitrogens is 1. The molecule has 1 aromatic heterocycles. The van der Waals surface area contributed by atoms with Crippen molar-refractivity contribution in [3.8, 4) is 0 Å². The zero-order valence-corrected chi connectivity index (χ0v) is 12.5. The van der Waals surface area contributed by atoms with E-state index in [1.54, 1.807) is 13.0 Å². The van der Waals surface area contributed by atoms with Crippen LogP contribution in [0.1, 0.15) is 24.6 Å². The van der Waals surface area contributed by atoms with Crippen LogP contribution in [0.4, 0.5) is 8.78 Å². The van der Waals surface area contributed by atoms with Crippen molar-refractivity contribution in [3.05, 3.63) is 63.9 Å². The van der Waals surface area contributed by atoms with Crippen molar-refractivity contribution in [1.82, 2.24) is 4.98 Å². The summed E-state index contributed by atoms with van der Waals surface area (Å²) in [5.74, 6) is -0.826. The Hall–Kier alpha value is -1.33. The van der Waals surface area contributed by atoms with Crippen molar-refractivity contribution in [2.45, 2.75) is 25.4 Å². The molecular weight excluding hydrogens is 328 g/mol. The first-order valence-corrected chi connectivity index (χ1v) is 7.02. The van der Waals surface area contributed by atoms with Gasteiger partial charge in [-0.25, -0.2) is 8.78 Å². The summed E-state index contributed by atoms with van der Waals surface area (Å²) in [5, 5.41) is 10.7. The maximum Gasteiger partial charge on any atom is 0.141 e. The van der Waals surface area contributed by atoms with Crippen molar-refractivity contribution < 1.29 is 13.9 Å². The fraction of sp³-hybridized carbons (Fsp3) is 0.267. The first-order valence-electron chi connectivity index (χ1n) is 6.23. The summed E-state index contributed by atoms with van der Waals surface area (Å²) >= 11 is 3.34. The van der Waals surface area contributed by atoms with E-state index < -0.39 is 11.4 Å². The number of pyridine rings is 1. The monoisotopic (exact) mass is 341 g/mol. The van der Waals surface area contributed by atoms with Gasteiger partial charge in [0.1, 0.15) is 17.2 Å². The highest BCUT2D eigenvalue weighted by Crippen LogP contribution is 2.31. The largest absolute Gasteiger partial charge is 0.383 e. The van der Waals surface area contributed by atoms with Gasteiger partial charge in [0.05, 0.1) is 11.9 Å². The van der Waals surface area contributed by atoms with Gasteiger partial charge in [0.15, 0.2) is 0 Å². The molecule has 2 aromatic rings. The highest BCUT2D eigenvalue weighted by Gasteiger charge is 2.30. The molecule has 1 N–H and O–H groups in total. The zero-order chi connectivity index (χ0) is 14.8. The molecule has 1 heterocycles. The predicted octanol–water partition coefficient (Wildman–Crippen LogP) is 3.96. The number of halogens is 3. The predicted molar refractivity (Wildman–Crippen MR) is 76.2 cm³/mol. The molecular formula is C15H14BrF2NO. The molecule has 0 saturated carbocycles. The topological polar surface area (TPSA) is 33.1 Å². The fourth-order valence-electron chi connectivity index (χ4n) is 2.04. The van der Waals surface area contributed by atoms with Crippen LogP contribution in [0.15, 0.2) is 41.0 Å². The Labute approximate surface area is 124 Å². The van der Waals surface area contributed by atoms with Crippen LogP contribution in [0.3, 0.4) is 0 Å². The Morgan fingerprint density at radius 3 is 2.50 bits per heavy atom. The Morgan fingerprint density at radius 1 is 1.20 bits per heavy atom. The van der Waals surface area contributed by atoms with Crippen LogP contribution in [0.25, 0.3) is 0 Å². The van der Waals surface area contributed by atoms with Gasteiger partial charge in [0, 0.05) is 10.9 Å². The van der Waals surface area contributed by atoms with E-state index in [1.165, 1.54) is 24.3 Å². The van der Waals surface area contributed by atoms with E-state index in [4.69, 9.17) is 0 Å². The summed E-state index contributed by atoms with van der Waals surface area (Å²) in [5.41, 5.74) is -0.248. The lowest BCUT2D eigenvalue weighted by molar-refractivity contribution is 0.0280. The molecule has 0 amide bonds. The summed E-state index contributed by atoms with van der Waals surface area (Å²) in [6, 6.07) is 7.01. The molecule has 2 rings (SSSR count). The van der Waals surface area contributed by atoms with E-state index in [0.717, 1.165) is 6.20 Å². The van der Waals surface area contributed by atoms with Crippen LogP contribution in [0.2, 0.25) is 0 Å². The normalized spacial score (nSPS) is 14.1. The standard InChI is InChI=1S/C15H14BrF2NO/c1-2-15(20,14-6-4-12(18)9-19-14)8-10-7-11(17)3-5-13(10)16/h3-7,9,20H,2,8H2,1H3. The Balaban J connectivity index is 2.36. The molecule has 0 aliphatic heterocycles. The number of hydrogen-bond acceptors (Lipinski definition) is 2. The van der Waals surface area contributed by atoms with Crippen LogP contribution in [0.5, 0.6) is 0 Å². The lowest BCUT2D eigenvalue weighted by Crippen LogP contribution is -2.29. The summed E-state index contributed by atoms with van der Waals surface area (Å²) in [7, 11) is 0. The van der Waals surface area contributed by atoms with Gasteiger partial charge in [-0.1, -0.05) is 22.9 Å². The molecule has 2 nitrogen and oxygen atoms in total. The smallest absolute Gasteiger partial charge is 0.141 e. The third-order valence-corrected chi connectivity index (χ3v) is 4.05. The molecule has 1 unspecified atom stereocenters. The summed E-state index contributed by atoms with van der Waals surface area (Å²) in [6.07, 6.45) is 1.64. The molecule has 1 aromatic carbocycles. The minimum atomic E-state index is -1.26. The molecule has 5 heteroatoms. The first kappa shape index (κ1) is 15.1. The average molecular weight is 342 g/mol. The summed E-state index contributed by atoms with van der Waals surface area (Å²) in [4.78, 5) is 3.94. The Bertz CT molecular complexity index is 603. The second-order valence-corrected chi connectivity index (χ2v) is 5.51. The van der Waals surface area contributed by atoms with E-state index in [1.807, 2.05) is 0 Å². The molecule has 0 radical (unpaired) electrons. The molecule has 106 valence electrons. The van der Waals surface area contributed by atoms with E-state index >= 15 is 0 Å². The van der Waals surface area contributed by atoms with Gasteiger partial charge in [0.25, 0.3) is 0 Å². The minimum absolute atomic E-state index is 0.195. The fourth-order valence-corrected chi connectivity index (χ4v) is 2.43. The highest BCUT2D eigenvalue weighted by atomic mass is 79.9. The molecule has 0 saturated heterocycles. The van der Waals surface area contributed by atoms with Gasteiger partial charge in [-0.15, -0.1) is 0 Å². The summed E-state index contributed by atoms with van der Waals surface area (Å²) in [6.45, 7) is 1.80. The molecule has 0 aliphatic rings. The van der Waals surface area contributed by atoms with Gasteiger partial charge in [-0.05, 0) is 42.3 Å². The van der Waals surface area contributed by atoms with Crippen LogP contribution in [0, 0.1) is 11.6 Å². The van der Waals surface area contributed by atoms with Crippen LogP contribution in [-0.4, -0.2) is 10.1 Å². The molecule has 0 aliphatic carbocycles. The maximum atomic E-state index is 13.3. The number of rotatable bonds is 4. The van der Waals surface area contributed by atoms with Gasteiger partial charge in [0.2, 0.25) is 0 Å². The number of aliphatic hydroxyl groups is 1. The number of hydrogen-bond donors (Lipinski definition) is 1. The van der Waals surface area contributed by atoms with Crippen molar-refractivity contribution in [1.29, 1.82) is 0 Å². The Morgan fingerprint density at radius 2 is 1.90 bits per heavy atom. The van der Waals surface area contributed by atoms with Crippen LogP contribution >= 0.6 is 15.9 Å². The van der Waals surface area contributed by atoms with E-state index in [9.17, 15) is 13.9 Å². The average Bonchev–Trinajstić information content (AvgIpc) is 2.43. The molecule has 0 spiro atoms. The third-order valence-electron chi connectivity index (χ3n) is 3.28. The van der Waals surface area contributed by atoms with Gasteiger partial charge in [-0.3, -0.25) is 4.98 Å². The second-order valence-electron chi connectivity index (χ2n) is 4.66. The molecule has 20 heavy (non-hydrogen) atoms.